The van der Waals surface area contributed by atoms with Crippen LogP contribution in [-0.2, 0) is 29.0 Å². The van der Waals surface area contributed by atoms with Gasteiger partial charge in [-0.05, 0) is 70.3 Å². The van der Waals surface area contributed by atoms with Crippen molar-refractivity contribution in [3.63, 3.8) is 0 Å². The van der Waals surface area contributed by atoms with Crippen LogP contribution >= 0.6 is 11.6 Å². The Balaban J connectivity index is 1.68. The number of likely N-dealkylation sites (tertiary alicyclic amines) is 1. The van der Waals surface area contributed by atoms with Crippen LogP contribution in [-0.4, -0.2) is 40.3 Å². The topological polar surface area (TPSA) is 47.4 Å². The maximum Gasteiger partial charge on any atom is 0.312 e. The SMILES string of the molecule is CCCn1ncc(CN2CCC(Cc3ccc(Cl)cc3)(C(=O)OCC)CC2)c1C. The van der Waals surface area contributed by atoms with Crippen molar-refractivity contribution in [2.75, 3.05) is 19.7 Å². The molecular weight excluding hydrogens is 386 g/mol. The van der Waals surface area contributed by atoms with Crippen molar-refractivity contribution in [1.82, 2.24) is 14.7 Å². The van der Waals surface area contributed by atoms with E-state index in [-0.39, 0.29) is 5.97 Å². The number of benzene rings is 1. The number of piperidine rings is 1. The minimum Gasteiger partial charge on any atom is -0.466 e. The standard InChI is InChI=1S/C23H32ClN3O2/c1-4-12-27-18(3)20(16-25-27)17-26-13-10-23(11-14-26,22(28)29-5-2)15-19-6-8-21(24)9-7-19/h6-9,16H,4-5,10-15,17H2,1-3H3. The highest BCUT2D eigenvalue weighted by molar-refractivity contribution is 6.30. The summed E-state index contributed by atoms with van der Waals surface area (Å²) in [7, 11) is 0. The van der Waals surface area contributed by atoms with E-state index in [0.29, 0.717) is 18.1 Å². The van der Waals surface area contributed by atoms with Gasteiger partial charge in [0.1, 0.15) is 0 Å². The second-order valence-electron chi connectivity index (χ2n) is 8.06. The Kier molecular flexibility index (Phi) is 7.36. The lowest BCUT2D eigenvalue weighted by Gasteiger charge is -2.40. The van der Waals surface area contributed by atoms with Gasteiger partial charge in [-0.25, -0.2) is 0 Å². The maximum absolute atomic E-state index is 12.9. The molecule has 1 fully saturated rings. The van der Waals surface area contributed by atoms with Crippen LogP contribution in [0.2, 0.25) is 5.02 Å². The lowest BCUT2D eigenvalue weighted by Crippen LogP contribution is -2.46. The summed E-state index contributed by atoms with van der Waals surface area (Å²) in [5.74, 6) is -0.0680. The molecule has 1 aliphatic heterocycles. The zero-order valence-corrected chi connectivity index (χ0v) is 18.5. The Morgan fingerprint density at radius 2 is 1.90 bits per heavy atom. The second kappa shape index (κ2) is 9.77. The number of carbonyl (C=O) groups is 1. The van der Waals surface area contributed by atoms with Gasteiger partial charge in [0, 0.05) is 29.4 Å². The monoisotopic (exact) mass is 417 g/mol. The molecule has 5 nitrogen and oxygen atoms in total. The third kappa shape index (κ3) is 5.20. The van der Waals surface area contributed by atoms with E-state index in [4.69, 9.17) is 16.3 Å². The van der Waals surface area contributed by atoms with Gasteiger partial charge in [0.2, 0.25) is 0 Å². The summed E-state index contributed by atoms with van der Waals surface area (Å²) in [4.78, 5) is 15.3. The number of rotatable bonds is 8. The van der Waals surface area contributed by atoms with Gasteiger partial charge in [0.25, 0.3) is 0 Å². The molecule has 0 unspecified atom stereocenters. The minimum absolute atomic E-state index is 0.0680. The molecule has 1 saturated heterocycles. The van der Waals surface area contributed by atoms with Gasteiger partial charge < -0.3 is 4.74 Å². The number of carbonyl (C=O) groups excluding carboxylic acids is 1. The normalized spacial score (nSPS) is 16.7. The molecule has 0 radical (unpaired) electrons. The van der Waals surface area contributed by atoms with Crippen LogP contribution in [0.3, 0.4) is 0 Å². The van der Waals surface area contributed by atoms with Crippen molar-refractivity contribution in [2.24, 2.45) is 5.41 Å². The summed E-state index contributed by atoms with van der Waals surface area (Å²) in [6.45, 7) is 10.2. The lowest BCUT2D eigenvalue weighted by atomic mass is 9.73. The fourth-order valence-corrected chi connectivity index (χ4v) is 4.31. The van der Waals surface area contributed by atoms with E-state index in [0.717, 1.165) is 51.0 Å². The molecule has 0 N–H and O–H groups in total. The van der Waals surface area contributed by atoms with Crippen LogP contribution in [0.1, 0.15) is 49.9 Å². The molecule has 6 heteroatoms. The predicted molar refractivity (Wildman–Crippen MR) is 116 cm³/mol. The van der Waals surface area contributed by atoms with Crippen LogP contribution in [0.5, 0.6) is 0 Å². The van der Waals surface area contributed by atoms with Crippen molar-refractivity contribution in [1.29, 1.82) is 0 Å². The third-order valence-corrected chi connectivity index (χ3v) is 6.26. The molecular formula is C23H32ClN3O2. The number of ether oxygens (including phenoxy) is 1. The number of aryl methyl sites for hydroxylation is 1. The first-order valence-corrected chi connectivity index (χ1v) is 11.0. The molecule has 3 rings (SSSR count). The fraction of sp³-hybridized carbons (Fsp3) is 0.565. The molecule has 158 valence electrons. The Labute approximate surface area is 179 Å². The van der Waals surface area contributed by atoms with E-state index in [1.807, 2.05) is 37.4 Å². The number of halogens is 1. The van der Waals surface area contributed by atoms with Crippen molar-refractivity contribution in [3.05, 3.63) is 52.3 Å². The average molecular weight is 418 g/mol. The lowest BCUT2D eigenvalue weighted by molar-refractivity contribution is -0.158. The van der Waals surface area contributed by atoms with Gasteiger partial charge in [0.05, 0.1) is 18.2 Å². The number of esters is 1. The van der Waals surface area contributed by atoms with Crippen molar-refractivity contribution >= 4 is 17.6 Å². The number of nitrogens with zero attached hydrogens (tertiary/aromatic N) is 3. The molecule has 0 atom stereocenters. The Bertz CT molecular complexity index is 808. The van der Waals surface area contributed by atoms with E-state index in [1.165, 1.54) is 11.3 Å². The maximum atomic E-state index is 12.9. The molecule has 2 aromatic rings. The molecule has 1 aromatic carbocycles. The summed E-state index contributed by atoms with van der Waals surface area (Å²) in [6, 6.07) is 7.81. The van der Waals surface area contributed by atoms with Crippen molar-refractivity contribution in [2.45, 2.75) is 59.5 Å². The van der Waals surface area contributed by atoms with Crippen LogP contribution in [0, 0.1) is 12.3 Å². The summed E-state index contributed by atoms with van der Waals surface area (Å²) in [5, 5.41) is 5.24. The fourth-order valence-electron chi connectivity index (χ4n) is 4.19. The van der Waals surface area contributed by atoms with Gasteiger partial charge in [-0.2, -0.15) is 5.10 Å². The first kappa shape index (κ1) is 21.8. The quantitative estimate of drug-likeness (QED) is 0.587. The van der Waals surface area contributed by atoms with Gasteiger partial charge >= 0.3 is 5.97 Å². The number of hydrogen-bond donors (Lipinski definition) is 0. The van der Waals surface area contributed by atoms with Crippen molar-refractivity contribution < 1.29 is 9.53 Å². The number of aromatic nitrogens is 2. The molecule has 1 aromatic heterocycles. The van der Waals surface area contributed by atoms with E-state index < -0.39 is 5.41 Å². The van der Waals surface area contributed by atoms with E-state index in [1.54, 1.807) is 0 Å². The minimum atomic E-state index is -0.457. The van der Waals surface area contributed by atoms with Crippen LogP contribution < -0.4 is 0 Å². The molecule has 2 heterocycles. The number of hydrogen-bond acceptors (Lipinski definition) is 4. The zero-order valence-electron chi connectivity index (χ0n) is 17.8. The molecule has 0 saturated carbocycles. The highest BCUT2D eigenvalue weighted by Crippen LogP contribution is 2.37. The molecule has 1 aliphatic rings. The van der Waals surface area contributed by atoms with Crippen LogP contribution in [0.4, 0.5) is 0 Å². The zero-order chi connectivity index (χ0) is 20.9. The second-order valence-corrected chi connectivity index (χ2v) is 8.49. The van der Waals surface area contributed by atoms with Gasteiger partial charge in [-0.15, -0.1) is 0 Å². The summed E-state index contributed by atoms with van der Waals surface area (Å²) in [6.07, 6.45) is 5.38. The van der Waals surface area contributed by atoms with Gasteiger partial charge in [-0.3, -0.25) is 14.4 Å². The predicted octanol–water partition coefficient (Wildman–Crippen LogP) is 4.64. The van der Waals surface area contributed by atoms with Crippen LogP contribution in [0.15, 0.2) is 30.5 Å². The Morgan fingerprint density at radius 3 is 2.52 bits per heavy atom. The molecule has 0 aliphatic carbocycles. The van der Waals surface area contributed by atoms with Crippen molar-refractivity contribution in [3.8, 4) is 0 Å². The largest absolute Gasteiger partial charge is 0.466 e. The van der Waals surface area contributed by atoms with Gasteiger partial charge in [0.15, 0.2) is 0 Å². The van der Waals surface area contributed by atoms with E-state index >= 15 is 0 Å². The summed E-state index contributed by atoms with van der Waals surface area (Å²) >= 11 is 6.03. The third-order valence-electron chi connectivity index (χ3n) is 6.01. The smallest absolute Gasteiger partial charge is 0.312 e. The molecule has 0 amide bonds. The van der Waals surface area contributed by atoms with E-state index in [9.17, 15) is 4.79 Å². The molecule has 0 bridgehead atoms. The molecule has 29 heavy (non-hydrogen) atoms. The molecule has 0 spiro atoms. The summed E-state index contributed by atoms with van der Waals surface area (Å²) in [5.41, 5.74) is 3.20. The highest BCUT2D eigenvalue weighted by atomic mass is 35.5. The van der Waals surface area contributed by atoms with Crippen LogP contribution in [0.25, 0.3) is 0 Å². The first-order valence-electron chi connectivity index (χ1n) is 10.6. The first-order chi connectivity index (χ1) is 14.0. The Hall–Kier alpha value is -1.85. The summed E-state index contributed by atoms with van der Waals surface area (Å²) < 4.78 is 7.57. The van der Waals surface area contributed by atoms with E-state index in [2.05, 4.69) is 28.5 Å². The average Bonchev–Trinajstić information content (AvgIpc) is 3.05. The Morgan fingerprint density at radius 1 is 1.21 bits per heavy atom. The van der Waals surface area contributed by atoms with Gasteiger partial charge in [-0.1, -0.05) is 30.7 Å². The highest BCUT2D eigenvalue weighted by Gasteiger charge is 2.42.